The van der Waals surface area contributed by atoms with Gasteiger partial charge in [-0.05, 0) is 37.0 Å². The Morgan fingerprint density at radius 1 is 1.29 bits per heavy atom. The lowest BCUT2D eigenvalue weighted by molar-refractivity contribution is -0.122. The Hall–Kier alpha value is -1.31. The van der Waals surface area contributed by atoms with Gasteiger partial charge < -0.3 is 4.74 Å². The summed E-state index contributed by atoms with van der Waals surface area (Å²) >= 11 is 0. The first-order chi connectivity index (χ1) is 8.28. The van der Waals surface area contributed by atoms with Crippen molar-refractivity contribution >= 4 is 5.78 Å². The lowest BCUT2D eigenvalue weighted by Gasteiger charge is -2.22. The van der Waals surface area contributed by atoms with Crippen LogP contribution in [-0.2, 0) is 11.2 Å². The second kappa shape index (κ2) is 5.85. The fourth-order valence-electron chi connectivity index (χ4n) is 2.30. The summed E-state index contributed by atoms with van der Waals surface area (Å²) in [5.74, 6) is 1.23. The predicted octanol–water partition coefficient (Wildman–Crippen LogP) is 3.53. The Labute approximate surface area is 103 Å². The monoisotopic (exact) mass is 232 g/mol. The van der Waals surface area contributed by atoms with Gasteiger partial charge in [0.05, 0.1) is 0 Å². The molecule has 0 bridgehead atoms. The fourth-order valence-corrected chi connectivity index (χ4v) is 2.30. The van der Waals surface area contributed by atoms with Gasteiger partial charge in [-0.1, -0.05) is 25.5 Å². The van der Waals surface area contributed by atoms with Crippen molar-refractivity contribution in [1.82, 2.24) is 0 Å². The lowest BCUT2D eigenvalue weighted by Crippen LogP contribution is -2.25. The highest BCUT2D eigenvalue weighted by atomic mass is 16.5. The summed E-state index contributed by atoms with van der Waals surface area (Å²) in [7, 11) is 0. The summed E-state index contributed by atoms with van der Waals surface area (Å²) < 4.78 is 5.84. The summed E-state index contributed by atoms with van der Waals surface area (Å²) in [5, 5.41) is 0. The highest BCUT2D eigenvalue weighted by Gasteiger charge is 2.20. The SMILES string of the molecule is CCCc1ccc(OC2CCCC(=O)C2)cc1. The molecule has 1 aliphatic rings. The van der Waals surface area contributed by atoms with Crippen LogP contribution >= 0.6 is 0 Å². The predicted molar refractivity (Wildman–Crippen MR) is 68.3 cm³/mol. The average Bonchev–Trinajstić information content (AvgIpc) is 2.32. The minimum Gasteiger partial charge on any atom is -0.490 e. The molecule has 2 heteroatoms. The minimum atomic E-state index is 0.0910. The fraction of sp³-hybridized carbons (Fsp3) is 0.533. The Kier molecular flexibility index (Phi) is 4.18. The van der Waals surface area contributed by atoms with E-state index < -0.39 is 0 Å². The zero-order valence-electron chi connectivity index (χ0n) is 10.4. The normalized spacial score (nSPS) is 20.3. The van der Waals surface area contributed by atoms with Gasteiger partial charge in [0.15, 0.2) is 0 Å². The van der Waals surface area contributed by atoms with Gasteiger partial charge in [0.2, 0.25) is 0 Å². The molecule has 2 rings (SSSR count). The van der Waals surface area contributed by atoms with Crippen LogP contribution in [0.5, 0.6) is 5.75 Å². The summed E-state index contributed by atoms with van der Waals surface area (Å²) in [6, 6.07) is 8.26. The standard InChI is InChI=1S/C15H20O2/c1-2-4-12-7-9-14(10-8-12)17-15-6-3-5-13(16)11-15/h7-10,15H,2-6,11H2,1H3. The molecule has 17 heavy (non-hydrogen) atoms. The van der Waals surface area contributed by atoms with Crippen LogP contribution in [0, 0.1) is 0 Å². The maximum absolute atomic E-state index is 11.3. The second-order valence-corrected chi connectivity index (χ2v) is 4.77. The van der Waals surface area contributed by atoms with Crippen molar-refractivity contribution in [2.75, 3.05) is 0 Å². The van der Waals surface area contributed by atoms with Crippen molar-refractivity contribution in [2.24, 2.45) is 0 Å². The number of aryl methyl sites for hydroxylation is 1. The van der Waals surface area contributed by atoms with Gasteiger partial charge in [0.25, 0.3) is 0 Å². The van der Waals surface area contributed by atoms with Crippen molar-refractivity contribution in [3.05, 3.63) is 29.8 Å². The maximum atomic E-state index is 11.3. The summed E-state index contributed by atoms with van der Waals surface area (Å²) in [6.45, 7) is 2.18. The third-order valence-electron chi connectivity index (χ3n) is 3.20. The number of hydrogen-bond donors (Lipinski definition) is 0. The van der Waals surface area contributed by atoms with Crippen molar-refractivity contribution in [2.45, 2.75) is 51.6 Å². The van der Waals surface area contributed by atoms with Gasteiger partial charge in [0, 0.05) is 12.8 Å². The molecule has 92 valence electrons. The van der Waals surface area contributed by atoms with E-state index in [1.807, 2.05) is 12.1 Å². The van der Waals surface area contributed by atoms with Crippen LogP contribution in [-0.4, -0.2) is 11.9 Å². The zero-order valence-corrected chi connectivity index (χ0v) is 10.4. The van der Waals surface area contributed by atoms with Crippen LogP contribution in [0.2, 0.25) is 0 Å². The highest BCUT2D eigenvalue weighted by molar-refractivity contribution is 5.79. The number of benzene rings is 1. The topological polar surface area (TPSA) is 26.3 Å². The Bertz CT molecular complexity index is 367. The Morgan fingerprint density at radius 2 is 2.06 bits per heavy atom. The van der Waals surface area contributed by atoms with E-state index in [1.54, 1.807) is 0 Å². The van der Waals surface area contributed by atoms with Crippen LogP contribution in [0.25, 0.3) is 0 Å². The lowest BCUT2D eigenvalue weighted by atomic mass is 9.96. The zero-order chi connectivity index (χ0) is 12.1. The molecule has 0 saturated heterocycles. The van der Waals surface area contributed by atoms with Gasteiger partial charge in [0.1, 0.15) is 17.6 Å². The van der Waals surface area contributed by atoms with Gasteiger partial charge in [-0.25, -0.2) is 0 Å². The number of hydrogen-bond acceptors (Lipinski definition) is 2. The largest absolute Gasteiger partial charge is 0.490 e. The van der Waals surface area contributed by atoms with Crippen LogP contribution < -0.4 is 4.74 Å². The molecule has 0 spiro atoms. The smallest absolute Gasteiger partial charge is 0.136 e. The van der Waals surface area contributed by atoms with E-state index in [2.05, 4.69) is 19.1 Å². The van der Waals surface area contributed by atoms with E-state index in [1.165, 1.54) is 5.56 Å². The first-order valence-corrected chi connectivity index (χ1v) is 6.55. The molecule has 0 N–H and O–H groups in total. The Balaban J connectivity index is 1.91. The average molecular weight is 232 g/mol. The van der Waals surface area contributed by atoms with Crippen LogP contribution in [0.15, 0.2) is 24.3 Å². The van der Waals surface area contributed by atoms with E-state index in [0.717, 1.165) is 37.9 Å². The molecule has 0 heterocycles. The first kappa shape index (κ1) is 12.2. The molecule has 0 radical (unpaired) electrons. The van der Waals surface area contributed by atoms with Gasteiger partial charge in [-0.15, -0.1) is 0 Å². The summed E-state index contributed by atoms with van der Waals surface area (Å²) in [6.07, 6.45) is 5.65. The molecule has 0 amide bonds. The summed E-state index contributed by atoms with van der Waals surface area (Å²) in [5.41, 5.74) is 1.35. The highest BCUT2D eigenvalue weighted by Crippen LogP contribution is 2.22. The van der Waals surface area contributed by atoms with Crippen LogP contribution in [0.3, 0.4) is 0 Å². The van der Waals surface area contributed by atoms with Gasteiger partial charge in [-0.3, -0.25) is 4.79 Å². The first-order valence-electron chi connectivity index (χ1n) is 6.55. The van der Waals surface area contributed by atoms with E-state index >= 15 is 0 Å². The molecular weight excluding hydrogens is 212 g/mol. The molecule has 1 fully saturated rings. The van der Waals surface area contributed by atoms with E-state index in [4.69, 9.17) is 4.74 Å². The molecule has 1 aromatic carbocycles. The molecule has 1 atom stereocenters. The number of ketones is 1. The molecular formula is C15H20O2. The van der Waals surface area contributed by atoms with E-state index in [0.29, 0.717) is 12.2 Å². The second-order valence-electron chi connectivity index (χ2n) is 4.77. The third-order valence-corrected chi connectivity index (χ3v) is 3.20. The van der Waals surface area contributed by atoms with Gasteiger partial charge in [-0.2, -0.15) is 0 Å². The van der Waals surface area contributed by atoms with Crippen molar-refractivity contribution in [1.29, 1.82) is 0 Å². The maximum Gasteiger partial charge on any atom is 0.136 e. The summed E-state index contributed by atoms with van der Waals surface area (Å²) in [4.78, 5) is 11.3. The molecule has 0 aliphatic heterocycles. The van der Waals surface area contributed by atoms with Gasteiger partial charge >= 0.3 is 0 Å². The van der Waals surface area contributed by atoms with Crippen LogP contribution in [0.4, 0.5) is 0 Å². The quantitative estimate of drug-likeness (QED) is 0.793. The molecule has 0 aromatic heterocycles. The minimum absolute atomic E-state index is 0.0910. The Morgan fingerprint density at radius 3 is 2.71 bits per heavy atom. The number of ether oxygens (including phenoxy) is 1. The molecule has 2 nitrogen and oxygen atoms in total. The van der Waals surface area contributed by atoms with Crippen LogP contribution in [0.1, 0.15) is 44.6 Å². The number of Topliss-reactive ketones (excluding diaryl/α,β-unsaturated/α-hetero) is 1. The van der Waals surface area contributed by atoms with E-state index in [-0.39, 0.29) is 6.10 Å². The third kappa shape index (κ3) is 3.58. The number of carbonyl (C=O) groups excluding carboxylic acids is 1. The molecule has 1 unspecified atom stereocenters. The molecule has 1 aromatic rings. The number of rotatable bonds is 4. The molecule has 1 saturated carbocycles. The van der Waals surface area contributed by atoms with Crippen molar-refractivity contribution in [3.63, 3.8) is 0 Å². The molecule has 1 aliphatic carbocycles. The van der Waals surface area contributed by atoms with Crippen molar-refractivity contribution < 1.29 is 9.53 Å². The van der Waals surface area contributed by atoms with E-state index in [9.17, 15) is 4.79 Å². The number of carbonyl (C=O) groups is 1. The van der Waals surface area contributed by atoms with Crippen molar-refractivity contribution in [3.8, 4) is 5.75 Å².